The SMILES string of the molecule is C=CC(=O)Nc1ccc(C(=O)N([CH2-])C[CH2-])cc1.CNc1nc([NH-])ncc1C(F)(F)F.[Rh+3]. The normalized spacial score (nSPS) is 10.0. The molecule has 1 aromatic heterocycles. The molecule has 2 rings (SSSR count). The Balaban J connectivity index is 0.000000581. The van der Waals surface area contributed by atoms with E-state index in [1.54, 1.807) is 24.3 Å². The van der Waals surface area contributed by atoms with Crippen molar-refractivity contribution in [2.45, 2.75) is 6.18 Å². The molecule has 1 aromatic carbocycles. The zero-order chi connectivity index (χ0) is 22.9. The molecule has 1 heterocycles. The predicted octanol–water partition coefficient (Wildman–Crippen LogP) is 4.10. The van der Waals surface area contributed by atoms with Crippen molar-refractivity contribution in [2.24, 2.45) is 0 Å². The van der Waals surface area contributed by atoms with Crippen LogP contribution in [0.4, 0.5) is 30.6 Å². The molecule has 0 saturated carbocycles. The number of halogens is 3. The molecule has 12 heteroatoms. The molecule has 0 saturated heterocycles. The van der Waals surface area contributed by atoms with E-state index < -0.39 is 17.7 Å². The van der Waals surface area contributed by atoms with E-state index in [2.05, 4.69) is 41.2 Å². The Labute approximate surface area is 190 Å². The first-order chi connectivity index (χ1) is 14.0. The molecular weight excluding hydrogens is 504 g/mol. The maximum atomic E-state index is 12.2. The van der Waals surface area contributed by atoms with Crippen LogP contribution in [-0.2, 0) is 30.4 Å². The second kappa shape index (κ2) is 12.6. The zero-order valence-corrected chi connectivity index (χ0v) is 18.1. The van der Waals surface area contributed by atoms with Gasteiger partial charge in [0.2, 0.25) is 11.8 Å². The van der Waals surface area contributed by atoms with Crippen molar-refractivity contribution < 1.29 is 42.2 Å². The number of hydrogen-bond donors (Lipinski definition) is 2. The van der Waals surface area contributed by atoms with Crippen LogP contribution in [0.25, 0.3) is 5.73 Å². The number of nitrogens with one attached hydrogen (secondary N) is 3. The molecule has 3 N–H and O–H groups in total. The monoisotopic (exact) mass is 524 g/mol. The standard InChI is InChI=1S/C13H14N2O2.C6H6F3N4.Rh/c1-4-12(16)14-11-8-6-10(7-9-11)13(17)15(3)5-2;1-11-4-3(6(7,8)9)2-12-5(10)13-4;/h4,6-9H,1-3,5H2,(H,14,16);2H,1H3,(H2-,10,11,12,13);/q-2;-1;+3. The molecule has 0 bridgehead atoms. The molecule has 0 atom stereocenters. The number of carbonyl (C=O) groups is 2. The van der Waals surface area contributed by atoms with Gasteiger partial charge in [-0.25, -0.2) is 0 Å². The summed E-state index contributed by atoms with van der Waals surface area (Å²) in [4.78, 5) is 30.4. The number of aromatic nitrogens is 2. The van der Waals surface area contributed by atoms with Crippen LogP contribution in [0.1, 0.15) is 15.9 Å². The fourth-order valence-electron chi connectivity index (χ4n) is 1.95. The van der Waals surface area contributed by atoms with Crippen molar-refractivity contribution >= 4 is 29.3 Å². The summed E-state index contributed by atoms with van der Waals surface area (Å²) in [5.74, 6) is -1.33. The number of hydrogen-bond acceptors (Lipinski definition) is 5. The molecule has 168 valence electrons. The fraction of sp³-hybridized carbons (Fsp3) is 0.158. The Hall–Kier alpha value is -3.01. The molecule has 0 unspecified atom stereocenters. The maximum Gasteiger partial charge on any atom is 3.00 e. The first-order valence-electron chi connectivity index (χ1n) is 8.32. The van der Waals surface area contributed by atoms with Gasteiger partial charge in [0.25, 0.3) is 0 Å². The van der Waals surface area contributed by atoms with Gasteiger partial charge in [0.1, 0.15) is 0 Å². The average Bonchev–Trinajstić information content (AvgIpc) is 2.72. The van der Waals surface area contributed by atoms with Crippen molar-refractivity contribution in [3.05, 3.63) is 73.9 Å². The average molecular weight is 524 g/mol. The van der Waals surface area contributed by atoms with Crippen molar-refractivity contribution in [3.8, 4) is 0 Å². The van der Waals surface area contributed by atoms with E-state index in [1.165, 1.54) is 18.0 Å². The number of carbonyl (C=O) groups excluding carboxylic acids is 2. The molecule has 8 nitrogen and oxygen atoms in total. The third-order valence-electron chi connectivity index (χ3n) is 3.47. The molecule has 0 aliphatic carbocycles. The molecule has 2 aromatic rings. The van der Waals surface area contributed by atoms with Gasteiger partial charge in [-0.3, -0.25) is 16.6 Å². The zero-order valence-electron chi connectivity index (χ0n) is 16.4. The van der Waals surface area contributed by atoms with Crippen LogP contribution in [0.2, 0.25) is 0 Å². The summed E-state index contributed by atoms with van der Waals surface area (Å²) in [6.45, 7) is 7.22. The molecule has 0 aliphatic heterocycles. The second-order valence-electron chi connectivity index (χ2n) is 5.54. The minimum atomic E-state index is -4.49. The quantitative estimate of drug-likeness (QED) is 0.348. The van der Waals surface area contributed by atoms with Crippen LogP contribution < -0.4 is 10.6 Å². The first-order valence-corrected chi connectivity index (χ1v) is 8.32. The van der Waals surface area contributed by atoms with Crippen LogP contribution >= 0.6 is 0 Å². The summed E-state index contributed by atoms with van der Waals surface area (Å²) in [7, 11) is 4.86. The van der Waals surface area contributed by atoms with Crippen LogP contribution in [0.5, 0.6) is 0 Å². The fourth-order valence-corrected chi connectivity index (χ4v) is 1.95. The number of alkyl halides is 3. The van der Waals surface area contributed by atoms with Crippen molar-refractivity contribution in [2.75, 3.05) is 24.2 Å². The van der Waals surface area contributed by atoms with E-state index in [9.17, 15) is 22.8 Å². The van der Waals surface area contributed by atoms with Gasteiger partial charge in [0.15, 0.2) is 0 Å². The summed E-state index contributed by atoms with van der Waals surface area (Å²) < 4.78 is 36.6. The van der Waals surface area contributed by atoms with Gasteiger partial charge in [-0.1, -0.05) is 6.58 Å². The summed E-state index contributed by atoms with van der Waals surface area (Å²) in [6.07, 6.45) is -2.73. The van der Waals surface area contributed by atoms with Crippen LogP contribution in [-0.4, -0.2) is 40.3 Å². The number of benzene rings is 1. The predicted molar refractivity (Wildman–Crippen MR) is 108 cm³/mol. The summed E-state index contributed by atoms with van der Waals surface area (Å²) in [5.41, 5.74) is 7.05. The summed E-state index contributed by atoms with van der Waals surface area (Å²) in [6, 6.07) is 6.53. The van der Waals surface area contributed by atoms with Crippen molar-refractivity contribution in [1.29, 1.82) is 0 Å². The number of nitrogens with zero attached hydrogens (tertiary/aromatic N) is 3. The van der Waals surface area contributed by atoms with Gasteiger partial charge in [-0.05, 0) is 36.5 Å². The molecule has 0 aliphatic rings. The van der Waals surface area contributed by atoms with E-state index in [4.69, 9.17) is 5.73 Å². The van der Waals surface area contributed by atoms with Gasteiger partial charge in [-0.15, -0.1) is 6.54 Å². The van der Waals surface area contributed by atoms with Gasteiger partial charge in [0.05, 0.1) is 11.4 Å². The van der Waals surface area contributed by atoms with E-state index >= 15 is 0 Å². The third-order valence-corrected chi connectivity index (χ3v) is 3.47. The molecule has 0 radical (unpaired) electrons. The third kappa shape index (κ3) is 8.71. The first kappa shape index (κ1) is 28.0. The topological polar surface area (TPSA) is 111 Å². The Morgan fingerprint density at radius 3 is 2.32 bits per heavy atom. The Morgan fingerprint density at radius 2 is 1.87 bits per heavy atom. The molecule has 31 heavy (non-hydrogen) atoms. The van der Waals surface area contributed by atoms with Gasteiger partial charge >= 0.3 is 25.7 Å². The molecular formula is C19H20F3N6O2Rh. The number of amides is 2. The van der Waals surface area contributed by atoms with E-state index in [1.807, 2.05) is 0 Å². The van der Waals surface area contributed by atoms with Gasteiger partial charge < -0.3 is 38.2 Å². The Bertz CT molecular complexity index is 891. The van der Waals surface area contributed by atoms with Crippen molar-refractivity contribution in [3.63, 3.8) is 0 Å². The van der Waals surface area contributed by atoms with Crippen molar-refractivity contribution in [1.82, 2.24) is 14.9 Å². The van der Waals surface area contributed by atoms with E-state index in [0.717, 1.165) is 0 Å². The summed E-state index contributed by atoms with van der Waals surface area (Å²) >= 11 is 0. The summed E-state index contributed by atoms with van der Waals surface area (Å²) in [5, 5.41) is 4.84. The van der Waals surface area contributed by atoms with Crippen LogP contribution in [0.15, 0.2) is 43.1 Å². The molecule has 0 spiro atoms. The second-order valence-corrected chi connectivity index (χ2v) is 5.54. The van der Waals surface area contributed by atoms with Gasteiger partial charge in [-0.2, -0.15) is 13.2 Å². The van der Waals surface area contributed by atoms with Crippen LogP contribution in [0, 0.1) is 14.0 Å². The molecule has 0 fully saturated rings. The van der Waals surface area contributed by atoms with E-state index in [-0.39, 0.29) is 37.1 Å². The molecule has 2 amide bonds. The smallest absolute Gasteiger partial charge is 0.517 e. The minimum Gasteiger partial charge on any atom is -0.517 e. The van der Waals surface area contributed by atoms with Crippen LogP contribution in [0.3, 0.4) is 0 Å². The number of anilines is 2. The van der Waals surface area contributed by atoms with Gasteiger partial charge in [0, 0.05) is 24.2 Å². The van der Waals surface area contributed by atoms with E-state index in [0.29, 0.717) is 24.0 Å². The largest absolute Gasteiger partial charge is 3.00 e. The Kier molecular flexibility index (Phi) is 11.4. The number of rotatable bonds is 5. The maximum absolute atomic E-state index is 12.2. The Morgan fingerprint density at radius 1 is 1.29 bits per heavy atom. The minimum absolute atomic E-state index is 0.